The fourth-order valence-electron chi connectivity index (χ4n) is 2.25. The number of hydrogen-bond donors (Lipinski definition) is 3. The average molecular weight is 379 g/mol. The molecule has 1 amide bonds. The number of nitriles is 1. The van der Waals surface area contributed by atoms with E-state index in [9.17, 15) is 19.6 Å². The van der Waals surface area contributed by atoms with Crippen LogP contribution in [0.1, 0.15) is 26.3 Å². The summed E-state index contributed by atoms with van der Waals surface area (Å²) in [5.74, 6) is -2.32. The zero-order chi connectivity index (χ0) is 20.5. The molecule has 3 N–H and O–H groups in total. The maximum Gasteiger partial charge on any atom is 0.339 e. The van der Waals surface area contributed by atoms with E-state index in [0.29, 0.717) is 0 Å². The van der Waals surface area contributed by atoms with Gasteiger partial charge in [-0.2, -0.15) is 5.26 Å². The summed E-state index contributed by atoms with van der Waals surface area (Å²) in [7, 11) is 1.23. The number of methoxy groups -OCH3 is 1. The minimum Gasteiger partial charge on any atom is -0.478 e. The standard InChI is InChI=1S/C20H17N3O5/c1-28-20(27)16-4-2-3-5-17(16)23-18(24)15(10-21)12-22-11-13-6-8-14(9-7-13)19(25)26/h2-9,12,22H,11H2,1H3,(H,23,24)(H,25,26)/b15-12-. The number of hydrogen-bond acceptors (Lipinski definition) is 6. The van der Waals surface area contributed by atoms with E-state index in [1.807, 2.05) is 0 Å². The van der Waals surface area contributed by atoms with Gasteiger partial charge in [-0.05, 0) is 29.8 Å². The second-order valence-corrected chi connectivity index (χ2v) is 5.54. The highest BCUT2D eigenvalue weighted by Crippen LogP contribution is 2.16. The number of para-hydroxylation sites is 1. The molecule has 8 heteroatoms. The molecular formula is C20H17N3O5. The summed E-state index contributed by atoms with van der Waals surface area (Å²) in [6.07, 6.45) is 1.25. The van der Waals surface area contributed by atoms with E-state index >= 15 is 0 Å². The molecule has 28 heavy (non-hydrogen) atoms. The molecule has 0 unspecified atom stereocenters. The van der Waals surface area contributed by atoms with Crippen LogP contribution in [0.3, 0.4) is 0 Å². The number of aromatic carboxylic acids is 1. The van der Waals surface area contributed by atoms with E-state index in [2.05, 4.69) is 15.4 Å². The van der Waals surface area contributed by atoms with Gasteiger partial charge in [0.2, 0.25) is 0 Å². The van der Waals surface area contributed by atoms with Crippen LogP contribution in [0.25, 0.3) is 0 Å². The van der Waals surface area contributed by atoms with E-state index in [1.54, 1.807) is 30.3 Å². The third-order valence-corrected chi connectivity index (χ3v) is 3.70. The number of nitrogens with zero attached hydrogens (tertiary/aromatic N) is 1. The predicted octanol–water partition coefficient (Wildman–Crippen LogP) is 2.31. The van der Waals surface area contributed by atoms with Crippen LogP contribution >= 0.6 is 0 Å². The number of carboxylic acids is 1. The third-order valence-electron chi connectivity index (χ3n) is 3.70. The minimum atomic E-state index is -1.02. The molecule has 0 bridgehead atoms. The monoisotopic (exact) mass is 379 g/mol. The van der Waals surface area contributed by atoms with E-state index in [1.165, 1.54) is 37.6 Å². The van der Waals surface area contributed by atoms with Gasteiger partial charge in [0, 0.05) is 12.7 Å². The molecule has 0 atom stereocenters. The average Bonchev–Trinajstić information content (AvgIpc) is 2.71. The molecule has 142 valence electrons. The van der Waals surface area contributed by atoms with Gasteiger partial charge in [0.25, 0.3) is 5.91 Å². The number of carbonyl (C=O) groups is 3. The van der Waals surface area contributed by atoms with Crippen LogP contribution in [0.2, 0.25) is 0 Å². The van der Waals surface area contributed by atoms with Gasteiger partial charge in [-0.25, -0.2) is 9.59 Å². The number of ether oxygens (including phenoxy) is 1. The Morgan fingerprint density at radius 3 is 2.43 bits per heavy atom. The number of nitrogens with one attached hydrogen (secondary N) is 2. The lowest BCUT2D eigenvalue weighted by molar-refractivity contribution is -0.112. The van der Waals surface area contributed by atoms with Crippen molar-refractivity contribution in [2.24, 2.45) is 0 Å². The summed E-state index contributed by atoms with van der Waals surface area (Å²) in [6.45, 7) is 0.289. The van der Waals surface area contributed by atoms with Gasteiger partial charge in [-0.15, -0.1) is 0 Å². The maximum atomic E-state index is 12.3. The van der Waals surface area contributed by atoms with Crippen LogP contribution in [-0.2, 0) is 16.1 Å². The molecule has 0 radical (unpaired) electrons. The Hall–Kier alpha value is -4.12. The first-order chi connectivity index (χ1) is 13.5. The van der Waals surface area contributed by atoms with Crippen LogP contribution < -0.4 is 10.6 Å². The summed E-state index contributed by atoms with van der Waals surface area (Å²) in [5.41, 5.74) is 1.14. The van der Waals surface area contributed by atoms with E-state index in [0.717, 1.165) is 5.56 Å². The van der Waals surface area contributed by atoms with Crippen molar-refractivity contribution in [3.05, 3.63) is 77.0 Å². The first kappa shape index (κ1) is 20.2. The molecule has 8 nitrogen and oxygen atoms in total. The van der Waals surface area contributed by atoms with Crippen molar-refractivity contribution in [3.63, 3.8) is 0 Å². The van der Waals surface area contributed by atoms with Crippen LogP contribution in [0.4, 0.5) is 5.69 Å². The molecule has 0 fully saturated rings. The zero-order valence-electron chi connectivity index (χ0n) is 14.9. The van der Waals surface area contributed by atoms with Gasteiger partial charge in [0.1, 0.15) is 11.6 Å². The highest BCUT2D eigenvalue weighted by molar-refractivity contribution is 6.09. The Morgan fingerprint density at radius 1 is 1.14 bits per heavy atom. The lowest BCUT2D eigenvalue weighted by Crippen LogP contribution is -2.18. The molecule has 2 aromatic rings. The molecule has 0 aliphatic carbocycles. The molecule has 0 spiro atoms. The number of rotatable bonds is 7. The summed E-state index contributed by atoms with van der Waals surface area (Å²) >= 11 is 0. The van der Waals surface area contributed by atoms with Crippen LogP contribution in [0.5, 0.6) is 0 Å². The number of benzene rings is 2. The Balaban J connectivity index is 2.04. The molecule has 0 aliphatic rings. The Bertz CT molecular complexity index is 959. The van der Waals surface area contributed by atoms with Crippen LogP contribution in [0, 0.1) is 11.3 Å². The smallest absolute Gasteiger partial charge is 0.339 e. The van der Waals surface area contributed by atoms with E-state index < -0.39 is 17.8 Å². The quantitative estimate of drug-likeness (QED) is 0.382. The molecular weight excluding hydrogens is 362 g/mol. The van der Waals surface area contributed by atoms with Crippen molar-refractivity contribution in [3.8, 4) is 6.07 Å². The zero-order valence-corrected chi connectivity index (χ0v) is 14.9. The van der Waals surface area contributed by atoms with Crippen LogP contribution in [-0.4, -0.2) is 30.1 Å². The number of esters is 1. The summed E-state index contributed by atoms with van der Waals surface area (Å²) in [4.78, 5) is 34.9. The second-order valence-electron chi connectivity index (χ2n) is 5.54. The lowest BCUT2D eigenvalue weighted by Gasteiger charge is -2.09. The summed E-state index contributed by atoms with van der Waals surface area (Å²) in [5, 5.41) is 23.4. The van der Waals surface area contributed by atoms with Gasteiger partial charge >= 0.3 is 11.9 Å². The topological polar surface area (TPSA) is 129 Å². The molecule has 2 rings (SSSR count). The van der Waals surface area contributed by atoms with Gasteiger partial charge in [0.05, 0.1) is 23.9 Å². The highest BCUT2D eigenvalue weighted by Gasteiger charge is 2.15. The van der Waals surface area contributed by atoms with Gasteiger partial charge in [-0.1, -0.05) is 24.3 Å². The fourth-order valence-corrected chi connectivity index (χ4v) is 2.25. The Kier molecular flexibility index (Phi) is 6.88. The summed E-state index contributed by atoms with van der Waals surface area (Å²) < 4.78 is 4.66. The number of amides is 1. The minimum absolute atomic E-state index is 0.167. The van der Waals surface area contributed by atoms with Crippen molar-refractivity contribution < 1.29 is 24.2 Å². The van der Waals surface area contributed by atoms with Crippen molar-refractivity contribution >= 4 is 23.5 Å². The normalized spacial score (nSPS) is 10.5. The Labute approximate surface area is 161 Å². The maximum absolute atomic E-state index is 12.3. The first-order valence-corrected chi connectivity index (χ1v) is 8.11. The molecule has 0 aliphatic heterocycles. The van der Waals surface area contributed by atoms with E-state index in [-0.39, 0.29) is 28.9 Å². The third kappa shape index (κ3) is 5.19. The fraction of sp³-hybridized carbons (Fsp3) is 0.100. The first-order valence-electron chi connectivity index (χ1n) is 8.11. The SMILES string of the molecule is COC(=O)c1ccccc1NC(=O)/C(C#N)=C\NCc1ccc(C(=O)O)cc1. The second kappa shape index (κ2) is 9.54. The molecule has 2 aromatic carbocycles. The highest BCUT2D eigenvalue weighted by atomic mass is 16.5. The Morgan fingerprint density at radius 2 is 1.82 bits per heavy atom. The van der Waals surface area contributed by atoms with Gasteiger partial charge in [-0.3, -0.25) is 4.79 Å². The van der Waals surface area contributed by atoms with Crippen molar-refractivity contribution in [1.82, 2.24) is 5.32 Å². The molecule has 0 aromatic heterocycles. The van der Waals surface area contributed by atoms with Crippen molar-refractivity contribution in [2.75, 3.05) is 12.4 Å². The molecule has 0 saturated carbocycles. The lowest BCUT2D eigenvalue weighted by atomic mass is 10.1. The van der Waals surface area contributed by atoms with E-state index in [4.69, 9.17) is 5.11 Å². The number of anilines is 1. The van der Waals surface area contributed by atoms with Crippen molar-refractivity contribution in [2.45, 2.75) is 6.54 Å². The number of carbonyl (C=O) groups excluding carboxylic acids is 2. The van der Waals surface area contributed by atoms with Gasteiger partial charge in [0.15, 0.2) is 0 Å². The molecule has 0 saturated heterocycles. The molecule has 0 heterocycles. The predicted molar refractivity (Wildman–Crippen MR) is 100 cm³/mol. The summed E-state index contributed by atoms with van der Waals surface area (Å²) in [6, 6.07) is 14.3. The van der Waals surface area contributed by atoms with Gasteiger partial charge < -0.3 is 20.5 Å². The van der Waals surface area contributed by atoms with Crippen LogP contribution in [0.15, 0.2) is 60.3 Å². The number of carboxylic acid groups (broad SMARTS) is 1. The van der Waals surface area contributed by atoms with Crippen molar-refractivity contribution in [1.29, 1.82) is 5.26 Å². The largest absolute Gasteiger partial charge is 0.478 e.